The van der Waals surface area contributed by atoms with Crippen LogP contribution in [-0.4, -0.2) is 17.4 Å². The average molecular weight is 342 g/mol. The van der Waals surface area contributed by atoms with Crippen molar-refractivity contribution in [3.8, 4) is 5.75 Å². The van der Waals surface area contributed by atoms with Crippen molar-refractivity contribution >= 4 is 17.3 Å². The predicted molar refractivity (Wildman–Crippen MR) is 97.1 cm³/mol. The molecule has 0 atom stereocenters. The summed E-state index contributed by atoms with van der Waals surface area (Å²) in [5, 5.41) is 13.6. The molecule has 0 aromatic heterocycles. The minimum absolute atomic E-state index is 0.0238. The topological polar surface area (TPSA) is 81.5 Å². The van der Waals surface area contributed by atoms with Gasteiger partial charge in [-0.15, -0.1) is 0 Å². The van der Waals surface area contributed by atoms with Gasteiger partial charge in [-0.25, -0.2) is 0 Å². The number of nitro groups is 1. The van der Waals surface area contributed by atoms with E-state index in [2.05, 4.69) is 26.1 Å². The van der Waals surface area contributed by atoms with Gasteiger partial charge >= 0.3 is 0 Å². The fourth-order valence-corrected chi connectivity index (χ4v) is 2.32. The summed E-state index contributed by atoms with van der Waals surface area (Å²) in [6.45, 7) is 7.84. The third-order valence-electron chi connectivity index (χ3n) is 3.77. The van der Waals surface area contributed by atoms with Crippen LogP contribution in [0.2, 0.25) is 0 Å². The van der Waals surface area contributed by atoms with Gasteiger partial charge in [0.2, 0.25) is 0 Å². The summed E-state index contributed by atoms with van der Waals surface area (Å²) in [7, 11) is 0. The van der Waals surface area contributed by atoms with Crippen LogP contribution >= 0.6 is 0 Å². The quantitative estimate of drug-likeness (QED) is 0.651. The zero-order valence-electron chi connectivity index (χ0n) is 14.8. The summed E-state index contributed by atoms with van der Waals surface area (Å²) in [5.74, 6) is 0.126. The van der Waals surface area contributed by atoms with Gasteiger partial charge in [-0.1, -0.05) is 32.9 Å². The first kappa shape index (κ1) is 18.4. The molecule has 0 fully saturated rings. The van der Waals surface area contributed by atoms with Gasteiger partial charge < -0.3 is 10.1 Å². The first-order chi connectivity index (χ1) is 11.7. The highest BCUT2D eigenvalue weighted by Gasteiger charge is 2.14. The van der Waals surface area contributed by atoms with E-state index in [1.807, 2.05) is 24.3 Å². The molecule has 0 saturated carbocycles. The lowest BCUT2D eigenvalue weighted by molar-refractivity contribution is -0.385. The molecule has 132 valence electrons. The molecule has 0 aliphatic rings. The van der Waals surface area contributed by atoms with E-state index in [1.165, 1.54) is 17.7 Å². The molecule has 25 heavy (non-hydrogen) atoms. The molecule has 2 rings (SSSR count). The Balaban J connectivity index is 1.92. The van der Waals surface area contributed by atoms with E-state index < -0.39 is 4.92 Å². The van der Waals surface area contributed by atoms with Crippen molar-refractivity contribution in [2.45, 2.75) is 33.1 Å². The van der Waals surface area contributed by atoms with Gasteiger partial charge in [-0.2, -0.15) is 0 Å². The van der Waals surface area contributed by atoms with E-state index in [4.69, 9.17) is 4.74 Å². The Morgan fingerprint density at radius 2 is 1.80 bits per heavy atom. The average Bonchev–Trinajstić information content (AvgIpc) is 2.52. The van der Waals surface area contributed by atoms with E-state index in [1.54, 1.807) is 13.0 Å². The number of aryl methyl sites for hydroxylation is 1. The molecule has 0 bridgehead atoms. The molecule has 0 spiro atoms. The molecule has 1 N–H and O–H groups in total. The zero-order chi connectivity index (χ0) is 18.6. The lowest BCUT2D eigenvalue weighted by Crippen LogP contribution is -2.20. The number of carbonyl (C=O) groups is 1. The second-order valence-corrected chi connectivity index (χ2v) is 6.87. The van der Waals surface area contributed by atoms with Gasteiger partial charge in [-0.3, -0.25) is 14.9 Å². The molecule has 0 unspecified atom stereocenters. The van der Waals surface area contributed by atoms with Crippen LogP contribution in [0, 0.1) is 17.0 Å². The van der Waals surface area contributed by atoms with Crippen molar-refractivity contribution in [2.75, 3.05) is 11.9 Å². The fraction of sp³-hybridized carbons (Fsp3) is 0.316. The number of ether oxygens (including phenoxy) is 1. The summed E-state index contributed by atoms with van der Waals surface area (Å²) in [6.07, 6.45) is 0. The van der Waals surface area contributed by atoms with Crippen LogP contribution in [0.1, 0.15) is 31.9 Å². The van der Waals surface area contributed by atoms with Crippen LogP contribution in [-0.2, 0) is 10.2 Å². The van der Waals surface area contributed by atoms with Crippen molar-refractivity contribution < 1.29 is 14.5 Å². The second-order valence-electron chi connectivity index (χ2n) is 6.87. The Bertz CT molecular complexity index is 777. The van der Waals surface area contributed by atoms with Gasteiger partial charge in [0, 0.05) is 17.3 Å². The maximum atomic E-state index is 12.0. The second kappa shape index (κ2) is 7.34. The molecule has 2 aromatic rings. The molecule has 0 radical (unpaired) electrons. The number of amides is 1. The summed E-state index contributed by atoms with van der Waals surface area (Å²) >= 11 is 0. The lowest BCUT2D eigenvalue weighted by Gasteiger charge is -2.19. The molecule has 0 aliphatic carbocycles. The molecule has 1 amide bonds. The Kier molecular flexibility index (Phi) is 5.41. The SMILES string of the molecule is Cc1cc(OCC(=O)Nc2ccc(C(C)(C)C)cc2)ccc1[N+](=O)[O-]. The Morgan fingerprint density at radius 3 is 2.32 bits per heavy atom. The van der Waals surface area contributed by atoms with E-state index in [-0.39, 0.29) is 23.6 Å². The number of nitrogens with zero attached hydrogens (tertiary/aromatic N) is 1. The minimum atomic E-state index is -0.451. The summed E-state index contributed by atoms with van der Waals surface area (Å²) < 4.78 is 5.40. The summed E-state index contributed by atoms with van der Waals surface area (Å²) in [4.78, 5) is 22.3. The highest BCUT2D eigenvalue weighted by molar-refractivity contribution is 5.91. The predicted octanol–water partition coefficient (Wildman–Crippen LogP) is 4.22. The lowest BCUT2D eigenvalue weighted by atomic mass is 9.87. The smallest absolute Gasteiger partial charge is 0.272 e. The van der Waals surface area contributed by atoms with E-state index in [0.717, 1.165) is 0 Å². The summed E-state index contributed by atoms with van der Waals surface area (Å²) in [6, 6.07) is 12.1. The number of rotatable bonds is 5. The van der Waals surface area contributed by atoms with Crippen molar-refractivity contribution in [3.63, 3.8) is 0 Å². The Hall–Kier alpha value is -2.89. The van der Waals surface area contributed by atoms with Gasteiger partial charge in [0.1, 0.15) is 5.75 Å². The monoisotopic (exact) mass is 342 g/mol. The van der Waals surface area contributed by atoms with Crippen molar-refractivity contribution in [3.05, 3.63) is 63.7 Å². The van der Waals surface area contributed by atoms with Gasteiger partial charge in [0.05, 0.1) is 4.92 Å². The van der Waals surface area contributed by atoms with Crippen molar-refractivity contribution in [2.24, 2.45) is 0 Å². The van der Waals surface area contributed by atoms with Gasteiger partial charge in [0.15, 0.2) is 6.61 Å². The van der Waals surface area contributed by atoms with E-state index in [0.29, 0.717) is 17.0 Å². The molecule has 2 aromatic carbocycles. The van der Waals surface area contributed by atoms with Gasteiger partial charge in [-0.05, 0) is 42.2 Å². The Labute approximate surface area is 147 Å². The molecular formula is C19H22N2O4. The van der Waals surface area contributed by atoms with Crippen molar-refractivity contribution in [1.82, 2.24) is 0 Å². The number of nitro benzene ring substituents is 1. The highest BCUT2D eigenvalue weighted by atomic mass is 16.6. The molecular weight excluding hydrogens is 320 g/mol. The third kappa shape index (κ3) is 5.04. The van der Waals surface area contributed by atoms with Crippen molar-refractivity contribution in [1.29, 1.82) is 0 Å². The van der Waals surface area contributed by atoms with Crippen LogP contribution in [0.4, 0.5) is 11.4 Å². The zero-order valence-corrected chi connectivity index (χ0v) is 14.8. The number of nitrogens with one attached hydrogen (secondary N) is 1. The van der Waals surface area contributed by atoms with Crippen LogP contribution in [0.25, 0.3) is 0 Å². The number of benzene rings is 2. The van der Waals surface area contributed by atoms with Gasteiger partial charge in [0.25, 0.3) is 11.6 Å². The standard InChI is InChI=1S/C19H22N2O4/c1-13-11-16(9-10-17(13)21(23)24)25-12-18(22)20-15-7-5-14(6-8-15)19(2,3)4/h5-11H,12H2,1-4H3,(H,20,22). The molecule has 0 aliphatic heterocycles. The maximum absolute atomic E-state index is 12.0. The first-order valence-electron chi connectivity index (χ1n) is 7.95. The number of hydrogen-bond acceptors (Lipinski definition) is 4. The minimum Gasteiger partial charge on any atom is -0.484 e. The van der Waals surface area contributed by atoms with Crippen LogP contribution < -0.4 is 10.1 Å². The van der Waals surface area contributed by atoms with Crippen LogP contribution in [0.3, 0.4) is 0 Å². The van der Waals surface area contributed by atoms with E-state index >= 15 is 0 Å². The summed E-state index contributed by atoms with van der Waals surface area (Å²) in [5.41, 5.74) is 2.44. The van der Waals surface area contributed by atoms with E-state index in [9.17, 15) is 14.9 Å². The number of anilines is 1. The molecule has 0 heterocycles. The number of hydrogen-bond donors (Lipinski definition) is 1. The van der Waals surface area contributed by atoms with Crippen LogP contribution in [0.15, 0.2) is 42.5 Å². The highest BCUT2D eigenvalue weighted by Crippen LogP contribution is 2.24. The number of carbonyl (C=O) groups excluding carboxylic acids is 1. The third-order valence-corrected chi connectivity index (χ3v) is 3.77. The van der Waals surface area contributed by atoms with Crippen LogP contribution in [0.5, 0.6) is 5.75 Å². The Morgan fingerprint density at radius 1 is 1.16 bits per heavy atom. The first-order valence-corrected chi connectivity index (χ1v) is 7.95. The largest absolute Gasteiger partial charge is 0.484 e. The fourth-order valence-electron chi connectivity index (χ4n) is 2.32. The molecule has 6 heteroatoms. The molecule has 0 saturated heterocycles. The normalized spacial score (nSPS) is 11.0. The maximum Gasteiger partial charge on any atom is 0.272 e. The molecule has 6 nitrogen and oxygen atoms in total.